The fourth-order valence-corrected chi connectivity index (χ4v) is 2.49. The van der Waals surface area contributed by atoms with Crippen LogP contribution in [0.25, 0.3) is 0 Å². The molecule has 2 aromatic carbocycles. The predicted molar refractivity (Wildman–Crippen MR) is 103 cm³/mol. The van der Waals surface area contributed by atoms with Crippen LogP contribution >= 0.6 is 11.6 Å². The Morgan fingerprint density at radius 3 is 2.64 bits per heavy atom. The largest absolute Gasteiger partial charge is 0.497 e. The molecule has 0 saturated carbocycles. The van der Waals surface area contributed by atoms with Crippen LogP contribution in [-0.2, 0) is 13.1 Å². The molecule has 25 heavy (non-hydrogen) atoms. The monoisotopic (exact) mass is 361 g/mol. The molecule has 6 heteroatoms. The topological polar surface area (TPSA) is 54.9 Å². The lowest BCUT2D eigenvalue weighted by molar-refractivity contribution is 0.409. The Labute approximate surface area is 154 Å². The smallest absolute Gasteiger partial charge is 0.191 e. The maximum absolute atomic E-state index is 6.00. The van der Waals surface area contributed by atoms with Gasteiger partial charge in [-0.15, -0.1) is 0 Å². The van der Waals surface area contributed by atoms with E-state index in [2.05, 4.69) is 15.6 Å². The second-order valence-corrected chi connectivity index (χ2v) is 5.79. The van der Waals surface area contributed by atoms with E-state index in [-0.39, 0.29) is 0 Å². The number of guanidine groups is 1. The van der Waals surface area contributed by atoms with Gasteiger partial charge in [0.2, 0.25) is 0 Å². The van der Waals surface area contributed by atoms with Crippen molar-refractivity contribution >= 4 is 17.6 Å². The van der Waals surface area contributed by atoms with E-state index in [1.54, 1.807) is 20.3 Å². The third kappa shape index (κ3) is 5.87. The number of hydrogen-bond donors (Lipinski definition) is 2. The highest BCUT2D eigenvalue weighted by Gasteiger charge is 2.05. The molecule has 0 saturated heterocycles. The Balaban J connectivity index is 2.04. The number of aliphatic imine (C=N–C) groups is 1. The van der Waals surface area contributed by atoms with Crippen LogP contribution in [0.5, 0.6) is 11.5 Å². The van der Waals surface area contributed by atoms with E-state index in [1.807, 2.05) is 43.3 Å². The molecule has 0 radical (unpaired) electrons. The maximum atomic E-state index is 6.00. The second kappa shape index (κ2) is 9.79. The Kier molecular flexibility index (Phi) is 7.41. The van der Waals surface area contributed by atoms with Crippen LogP contribution in [0, 0.1) is 0 Å². The number of nitrogens with one attached hydrogen (secondary N) is 2. The molecule has 0 aromatic heterocycles. The number of benzene rings is 2. The van der Waals surface area contributed by atoms with Gasteiger partial charge in [-0.3, -0.25) is 0 Å². The summed E-state index contributed by atoms with van der Waals surface area (Å²) in [6, 6.07) is 13.5. The molecule has 134 valence electrons. The minimum absolute atomic E-state index is 0.560. The van der Waals surface area contributed by atoms with E-state index < -0.39 is 0 Å². The van der Waals surface area contributed by atoms with Crippen molar-refractivity contribution in [2.24, 2.45) is 4.99 Å². The van der Waals surface area contributed by atoms with Gasteiger partial charge in [-0.2, -0.15) is 0 Å². The molecule has 0 aliphatic heterocycles. The standard InChI is InChI=1S/C19H24ClN3O2/c1-4-21-19(22-12-14-6-5-7-17(10-14)24-2)23-13-15-8-9-16(20)11-18(15)25-3/h5-11H,4,12-13H2,1-3H3,(H2,21,22,23). The summed E-state index contributed by atoms with van der Waals surface area (Å²) in [5, 5.41) is 7.21. The predicted octanol–water partition coefficient (Wildman–Crippen LogP) is 3.61. The first kappa shape index (κ1) is 18.9. The lowest BCUT2D eigenvalue weighted by Crippen LogP contribution is -2.36. The molecule has 2 N–H and O–H groups in total. The molecule has 2 aromatic rings. The minimum atomic E-state index is 0.560. The quantitative estimate of drug-likeness (QED) is 0.584. The van der Waals surface area contributed by atoms with E-state index in [4.69, 9.17) is 21.1 Å². The van der Waals surface area contributed by atoms with Crippen LogP contribution in [0.1, 0.15) is 18.1 Å². The number of rotatable bonds is 7. The summed E-state index contributed by atoms with van der Waals surface area (Å²) in [6.45, 7) is 3.96. The Hall–Kier alpha value is -2.40. The van der Waals surface area contributed by atoms with Crippen LogP contribution in [0.3, 0.4) is 0 Å². The van der Waals surface area contributed by atoms with Gasteiger partial charge in [-0.1, -0.05) is 29.8 Å². The van der Waals surface area contributed by atoms with Gasteiger partial charge in [0.25, 0.3) is 0 Å². The summed E-state index contributed by atoms with van der Waals surface area (Å²) in [5.74, 6) is 2.32. The lowest BCUT2D eigenvalue weighted by atomic mass is 10.2. The molecule has 0 unspecified atom stereocenters. The van der Waals surface area contributed by atoms with Gasteiger partial charge in [0.1, 0.15) is 11.5 Å². The maximum Gasteiger partial charge on any atom is 0.191 e. The first-order valence-corrected chi connectivity index (χ1v) is 8.51. The van der Waals surface area contributed by atoms with E-state index in [0.717, 1.165) is 35.1 Å². The van der Waals surface area contributed by atoms with Crippen LogP contribution in [-0.4, -0.2) is 26.7 Å². The van der Waals surface area contributed by atoms with Crippen molar-refractivity contribution < 1.29 is 9.47 Å². The van der Waals surface area contributed by atoms with Crippen molar-refractivity contribution in [1.82, 2.24) is 10.6 Å². The second-order valence-electron chi connectivity index (χ2n) is 5.36. The summed E-state index contributed by atoms with van der Waals surface area (Å²) in [4.78, 5) is 4.62. The molecule has 0 aliphatic carbocycles. The van der Waals surface area contributed by atoms with Gasteiger partial charge >= 0.3 is 0 Å². The Bertz CT molecular complexity index is 720. The first-order chi connectivity index (χ1) is 12.2. The molecule has 0 spiro atoms. The zero-order chi connectivity index (χ0) is 18.1. The van der Waals surface area contributed by atoms with Gasteiger partial charge in [0.05, 0.1) is 20.8 Å². The highest BCUT2D eigenvalue weighted by atomic mass is 35.5. The van der Waals surface area contributed by atoms with Crippen molar-refractivity contribution in [2.75, 3.05) is 20.8 Å². The minimum Gasteiger partial charge on any atom is -0.497 e. The van der Waals surface area contributed by atoms with Crippen molar-refractivity contribution in [3.05, 3.63) is 58.6 Å². The number of halogens is 1. The zero-order valence-electron chi connectivity index (χ0n) is 14.8. The Morgan fingerprint density at radius 2 is 1.92 bits per heavy atom. The van der Waals surface area contributed by atoms with E-state index in [0.29, 0.717) is 18.1 Å². The number of nitrogens with zero attached hydrogens (tertiary/aromatic N) is 1. The first-order valence-electron chi connectivity index (χ1n) is 8.13. The number of hydrogen-bond acceptors (Lipinski definition) is 3. The summed E-state index contributed by atoms with van der Waals surface area (Å²) < 4.78 is 10.6. The van der Waals surface area contributed by atoms with Crippen LogP contribution in [0.4, 0.5) is 0 Å². The summed E-state index contributed by atoms with van der Waals surface area (Å²) in [5.41, 5.74) is 2.10. The number of methoxy groups -OCH3 is 2. The summed E-state index contributed by atoms with van der Waals surface area (Å²) in [7, 11) is 3.30. The zero-order valence-corrected chi connectivity index (χ0v) is 15.6. The molecular weight excluding hydrogens is 338 g/mol. The normalized spacial score (nSPS) is 11.1. The van der Waals surface area contributed by atoms with Crippen LogP contribution < -0.4 is 20.1 Å². The van der Waals surface area contributed by atoms with Gasteiger partial charge in [0, 0.05) is 23.7 Å². The molecule has 0 fully saturated rings. The number of ether oxygens (including phenoxy) is 2. The van der Waals surface area contributed by atoms with Gasteiger partial charge in [-0.25, -0.2) is 4.99 Å². The Morgan fingerprint density at radius 1 is 1.08 bits per heavy atom. The van der Waals surface area contributed by atoms with E-state index in [9.17, 15) is 0 Å². The summed E-state index contributed by atoms with van der Waals surface area (Å²) in [6.07, 6.45) is 0. The molecule has 2 rings (SSSR count). The SMILES string of the molecule is CCNC(=NCc1cccc(OC)c1)NCc1ccc(Cl)cc1OC. The molecule has 0 atom stereocenters. The molecule has 0 aliphatic rings. The third-order valence-corrected chi connectivity index (χ3v) is 3.83. The molecule has 0 heterocycles. The van der Waals surface area contributed by atoms with Gasteiger partial charge in [-0.05, 0) is 36.8 Å². The highest BCUT2D eigenvalue weighted by molar-refractivity contribution is 6.30. The molecule has 0 bridgehead atoms. The van der Waals surface area contributed by atoms with Gasteiger partial charge < -0.3 is 20.1 Å². The van der Waals surface area contributed by atoms with Gasteiger partial charge in [0.15, 0.2) is 5.96 Å². The van der Waals surface area contributed by atoms with E-state index in [1.165, 1.54) is 0 Å². The van der Waals surface area contributed by atoms with E-state index >= 15 is 0 Å². The highest BCUT2D eigenvalue weighted by Crippen LogP contribution is 2.22. The van der Waals surface area contributed by atoms with Crippen molar-refractivity contribution in [3.8, 4) is 11.5 Å². The molecular formula is C19H24ClN3O2. The van der Waals surface area contributed by atoms with Crippen molar-refractivity contribution in [3.63, 3.8) is 0 Å². The average molecular weight is 362 g/mol. The molecule has 0 amide bonds. The summed E-state index contributed by atoms with van der Waals surface area (Å²) >= 11 is 6.00. The molecule has 5 nitrogen and oxygen atoms in total. The van der Waals surface area contributed by atoms with Crippen LogP contribution in [0.15, 0.2) is 47.5 Å². The van der Waals surface area contributed by atoms with Crippen LogP contribution in [0.2, 0.25) is 5.02 Å². The fraction of sp³-hybridized carbons (Fsp3) is 0.316. The third-order valence-electron chi connectivity index (χ3n) is 3.59. The average Bonchev–Trinajstić information content (AvgIpc) is 2.64. The fourth-order valence-electron chi connectivity index (χ4n) is 2.33. The van der Waals surface area contributed by atoms with Crippen molar-refractivity contribution in [2.45, 2.75) is 20.0 Å². The lowest BCUT2D eigenvalue weighted by Gasteiger charge is -2.14. The van der Waals surface area contributed by atoms with Crippen molar-refractivity contribution in [1.29, 1.82) is 0 Å².